The Morgan fingerprint density at radius 3 is 2.89 bits per heavy atom. The number of nitrogens with zero attached hydrogens (tertiary/aromatic N) is 1. The van der Waals surface area contributed by atoms with Crippen LogP contribution >= 0.6 is 34.2 Å². The molecule has 0 saturated heterocycles. The van der Waals surface area contributed by atoms with Crippen LogP contribution in [0.5, 0.6) is 5.75 Å². The minimum atomic E-state index is 0.190. The molecule has 2 aromatic rings. The molecular formula is C13H12ClIN2O. The van der Waals surface area contributed by atoms with E-state index in [0.717, 1.165) is 15.0 Å². The zero-order valence-corrected chi connectivity index (χ0v) is 12.7. The molecule has 1 aromatic heterocycles. The Balaban J connectivity index is 2.16. The van der Waals surface area contributed by atoms with Crippen molar-refractivity contribution in [3.8, 4) is 5.75 Å². The molecule has 0 aliphatic carbocycles. The summed E-state index contributed by atoms with van der Waals surface area (Å²) in [6.07, 6.45) is 0. The van der Waals surface area contributed by atoms with Gasteiger partial charge in [-0.15, -0.1) is 0 Å². The summed E-state index contributed by atoms with van der Waals surface area (Å²) in [5.41, 5.74) is 2.33. The van der Waals surface area contributed by atoms with Gasteiger partial charge in [0.05, 0.1) is 17.3 Å². The van der Waals surface area contributed by atoms with Gasteiger partial charge in [-0.25, -0.2) is 0 Å². The lowest BCUT2D eigenvalue weighted by molar-refractivity contribution is 0.464. The van der Waals surface area contributed by atoms with E-state index in [4.69, 9.17) is 11.6 Å². The van der Waals surface area contributed by atoms with Crippen LogP contribution in [0.15, 0.2) is 30.3 Å². The van der Waals surface area contributed by atoms with Gasteiger partial charge < -0.3 is 10.4 Å². The van der Waals surface area contributed by atoms with E-state index in [9.17, 15) is 5.11 Å². The van der Waals surface area contributed by atoms with Crippen LogP contribution < -0.4 is 5.32 Å². The predicted octanol–water partition coefficient (Wildman–Crippen LogP) is 3.97. The smallest absolute Gasteiger partial charge is 0.138 e. The standard InChI is InChI=1S/C13H12ClIN2O/c1-8-2-5-13(18)12(17-8)7-16-11-6-9(15)3-4-10(11)14/h2-6,16,18H,7H2,1H3. The molecule has 5 heteroatoms. The summed E-state index contributed by atoms with van der Waals surface area (Å²) in [5.74, 6) is 0.190. The minimum absolute atomic E-state index is 0.190. The van der Waals surface area contributed by atoms with Crippen molar-refractivity contribution in [2.45, 2.75) is 13.5 Å². The molecule has 0 bridgehead atoms. The fourth-order valence-electron chi connectivity index (χ4n) is 1.55. The van der Waals surface area contributed by atoms with Crippen molar-refractivity contribution in [3.63, 3.8) is 0 Å². The van der Waals surface area contributed by atoms with Gasteiger partial charge >= 0.3 is 0 Å². The van der Waals surface area contributed by atoms with Crippen molar-refractivity contribution in [1.82, 2.24) is 4.98 Å². The van der Waals surface area contributed by atoms with Crippen LogP contribution in [0.4, 0.5) is 5.69 Å². The highest BCUT2D eigenvalue weighted by atomic mass is 127. The van der Waals surface area contributed by atoms with E-state index >= 15 is 0 Å². The SMILES string of the molecule is Cc1ccc(O)c(CNc2cc(I)ccc2Cl)n1. The molecule has 2 rings (SSSR count). The topological polar surface area (TPSA) is 45.1 Å². The van der Waals surface area contributed by atoms with Gasteiger partial charge in [-0.05, 0) is 59.8 Å². The van der Waals surface area contributed by atoms with Gasteiger partial charge in [-0.1, -0.05) is 11.6 Å². The summed E-state index contributed by atoms with van der Waals surface area (Å²) in [7, 11) is 0. The number of benzene rings is 1. The number of aromatic nitrogens is 1. The van der Waals surface area contributed by atoms with Crippen LogP contribution in [0.3, 0.4) is 0 Å². The van der Waals surface area contributed by atoms with Gasteiger partial charge in [0.1, 0.15) is 11.4 Å². The van der Waals surface area contributed by atoms with E-state index in [2.05, 4.69) is 32.9 Å². The molecule has 2 N–H and O–H groups in total. The molecule has 0 aliphatic rings. The maximum Gasteiger partial charge on any atom is 0.138 e. The number of rotatable bonds is 3. The number of hydrogen-bond donors (Lipinski definition) is 2. The van der Waals surface area contributed by atoms with E-state index in [1.807, 2.05) is 25.1 Å². The lowest BCUT2D eigenvalue weighted by atomic mass is 10.2. The molecule has 0 radical (unpaired) electrons. The summed E-state index contributed by atoms with van der Waals surface area (Å²) in [4.78, 5) is 4.28. The number of aromatic hydroxyl groups is 1. The summed E-state index contributed by atoms with van der Waals surface area (Å²) >= 11 is 8.31. The van der Waals surface area contributed by atoms with Crippen molar-refractivity contribution in [1.29, 1.82) is 0 Å². The van der Waals surface area contributed by atoms with Crippen molar-refractivity contribution in [3.05, 3.63) is 50.3 Å². The Morgan fingerprint density at radius 1 is 1.33 bits per heavy atom. The second-order valence-electron chi connectivity index (χ2n) is 3.90. The molecule has 0 atom stereocenters. The van der Waals surface area contributed by atoms with E-state index in [0.29, 0.717) is 17.3 Å². The summed E-state index contributed by atoms with van der Waals surface area (Å²) < 4.78 is 1.10. The zero-order chi connectivity index (χ0) is 13.1. The molecule has 1 aromatic carbocycles. The lowest BCUT2D eigenvalue weighted by Crippen LogP contribution is -2.03. The number of halogens is 2. The average molecular weight is 375 g/mol. The Bertz CT molecular complexity index is 523. The van der Waals surface area contributed by atoms with E-state index in [1.54, 1.807) is 12.1 Å². The van der Waals surface area contributed by atoms with E-state index in [1.165, 1.54) is 0 Å². The van der Waals surface area contributed by atoms with E-state index < -0.39 is 0 Å². The molecule has 0 unspecified atom stereocenters. The molecule has 0 saturated carbocycles. The molecule has 94 valence electrons. The first-order chi connectivity index (χ1) is 8.56. The largest absolute Gasteiger partial charge is 0.506 e. The number of aryl methyl sites for hydroxylation is 1. The van der Waals surface area contributed by atoms with Gasteiger partial charge in [0.15, 0.2) is 0 Å². The van der Waals surface area contributed by atoms with Crippen LogP contribution in [0.25, 0.3) is 0 Å². The monoisotopic (exact) mass is 374 g/mol. The third-order valence-corrected chi connectivity index (χ3v) is 3.46. The summed E-state index contributed by atoms with van der Waals surface area (Å²) in [5, 5.41) is 13.5. The first kappa shape index (κ1) is 13.4. The predicted molar refractivity (Wildman–Crippen MR) is 82.1 cm³/mol. The van der Waals surface area contributed by atoms with Gasteiger partial charge in [0, 0.05) is 9.26 Å². The number of pyridine rings is 1. The molecular weight excluding hydrogens is 363 g/mol. The molecule has 0 fully saturated rings. The lowest BCUT2D eigenvalue weighted by Gasteiger charge is -2.10. The van der Waals surface area contributed by atoms with Crippen molar-refractivity contribution < 1.29 is 5.11 Å². The molecule has 0 aliphatic heterocycles. The second-order valence-corrected chi connectivity index (χ2v) is 5.55. The summed E-state index contributed by atoms with van der Waals surface area (Å²) in [6.45, 7) is 2.33. The first-order valence-electron chi connectivity index (χ1n) is 5.40. The van der Waals surface area contributed by atoms with Crippen LogP contribution in [0.1, 0.15) is 11.4 Å². The fraction of sp³-hybridized carbons (Fsp3) is 0.154. The summed E-state index contributed by atoms with van der Waals surface area (Å²) in [6, 6.07) is 9.16. The van der Waals surface area contributed by atoms with Crippen LogP contribution in [0, 0.1) is 10.5 Å². The van der Waals surface area contributed by atoms with Gasteiger partial charge in [-0.3, -0.25) is 4.98 Å². The van der Waals surface area contributed by atoms with Gasteiger partial charge in [0.2, 0.25) is 0 Å². The first-order valence-corrected chi connectivity index (χ1v) is 6.86. The Morgan fingerprint density at radius 2 is 2.11 bits per heavy atom. The highest BCUT2D eigenvalue weighted by molar-refractivity contribution is 14.1. The third-order valence-electron chi connectivity index (χ3n) is 2.46. The normalized spacial score (nSPS) is 10.4. The molecule has 0 spiro atoms. The van der Waals surface area contributed by atoms with Gasteiger partial charge in [-0.2, -0.15) is 0 Å². The van der Waals surface area contributed by atoms with Crippen molar-refractivity contribution in [2.75, 3.05) is 5.32 Å². The zero-order valence-electron chi connectivity index (χ0n) is 9.74. The Kier molecular flexibility index (Phi) is 4.29. The van der Waals surface area contributed by atoms with Gasteiger partial charge in [0.25, 0.3) is 0 Å². The van der Waals surface area contributed by atoms with Crippen molar-refractivity contribution >= 4 is 39.9 Å². The maximum absolute atomic E-state index is 9.70. The maximum atomic E-state index is 9.70. The van der Waals surface area contributed by atoms with Crippen molar-refractivity contribution in [2.24, 2.45) is 0 Å². The van der Waals surface area contributed by atoms with E-state index in [-0.39, 0.29) is 5.75 Å². The Hall–Kier alpha value is -1.01. The van der Waals surface area contributed by atoms with Crippen LogP contribution in [-0.4, -0.2) is 10.1 Å². The Labute approximate surface area is 124 Å². The highest BCUT2D eigenvalue weighted by Gasteiger charge is 2.05. The quantitative estimate of drug-likeness (QED) is 0.799. The molecule has 0 amide bonds. The molecule has 18 heavy (non-hydrogen) atoms. The number of nitrogens with one attached hydrogen (secondary N) is 1. The van der Waals surface area contributed by atoms with Crippen LogP contribution in [0.2, 0.25) is 5.02 Å². The molecule has 1 heterocycles. The third kappa shape index (κ3) is 3.26. The average Bonchev–Trinajstić information content (AvgIpc) is 2.34. The number of anilines is 1. The number of hydrogen-bond acceptors (Lipinski definition) is 3. The molecule has 3 nitrogen and oxygen atoms in total. The fourth-order valence-corrected chi connectivity index (χ4v) is 2.22. The van der Waals surface area contributed by atoms with Crippen LogP contribution in [-0.2, 0) is 6.54 Å². The second kappa shape index (κ2) is 5.75. The highest BCUT2D eigenvalue weighted by Crippen LogP contribution is 2.25. The minimum Gasteiger partial charge on any atom is -0.506 e.